The highest BCUT2D eigenvalue weighted by molar-refractivity contribution is 5.67. The number of fused-ring (bicyclic) bond motifs is 1. The topological polar surface area (TPSA) is 38.8 Å². The van der Waals surface area contributed by atoms with Crippen molar-refractivity contribution >= 4 is 6.09 Å². The van der Waals surface area contributed by atoms with E-state index in [0.29, 0.717) is 18.6 Å². The number of hydrogen-bond donors (Lipinski definition) is 0. The van der Waals surface area contributed by atoms with Crippen molar-refractivity contribution in [3.05, 3.63) is 35.1 Å². The van der Waals surface area contributed by atoms with Crippen molar-refractivity contribution in [2.45, 2.75) is 12.7 Å². The van der Waals surface area contributed by atoms with Gasteiger partial charge in [0.05, 0.1) is 12.2 Å². The van der Waals surface area contributed by atoms with E-state index in [2.05, 4.69) is 0 Å². The highest BCUT2D eigenvalue weighted by Gasteiger charge is 2.27. The second-order valence-corrected chi connectivity index (χ2v) is 4.04. The Kier molecular flexibility index (Phi) is 3.28. The summed E-state index contributed by atoms with van der Waals surface area (Å²) in [5, 5.41) is 0. The number of carbonyl (C=O) groups excluding carboxylic acids is 1. The van der Waals surface area contributed by atoms with Gasteiger partial charge in [-0.25, -0.2) is 9.18 Å². The number of ether oxygens (including phenoxy) is 2. The van der Waals surface area contributed by atoms with E-state index >= 15 is 0 Å². The number of hydrogen-bond acceptors (Lipinski definition) is 3. The standard InChI is InChI=1S/C12H14FNO3/c1-14(2)12(15)17-11-10-8(6-7-16-11)4-3-5-9(10)13/h3-5,11H,6-7H2,1-2H3. The van der Waals surface area contributed by atoms with E-state index < -0.39 is 18.2 Å². The number of amides is 1. The Balaban J connectivity index is 2.25. The summed E-state index contributed by atoms with van der Waals surface area (Å²) in [4.78, 5) is 12.7. The summed E-state index contributed by atoms with van der Waals surface area (Å²) >= 11 is 0. The second-order valence-electron chi connectivity index (χ2n) is 4.04. The van der Waals surface area contributed by atoms with Crippen LogP contribution in [-0.2, 0) is 15.9 Å². The van der Waals surface area contributed by atoms with Gasteiger partial charge < -0.3 is 14.4 Å². The first kappa shape index (κ1) is 11.9. The van der Waals surface area contributed by atoms with Crippen molar-refractivity contribution in [2.24, 2.45) is 0 Å². The van der Waals surface area contributed by atoms with Crippen molar-refractivity contribution in [3.8, 4) is 0 Å². The molecule has 1 amide bonds. The minimum absolute atomic E-state index is 0.328. The summed E-state index contributed by atoms with van der Waals surface area (Å²) in [5.74, 6) is -0.404. The van der Waals surface area contributed by atoms with Gasteiger partial charge in [0, 0.05) is 14.1 Å². The zero-order valence-corrected chi connectivity index (χ0v) is 9.77. The van der Waals surface area contributed by atoms with E-state index in [0.717, 1.165) is 5.56 Å². The molecule has 0 N–H and O–H groups in total. The number of nitrogens with zero attached hydrogens (tertiary/aromatic N) is 1. The van der Waals surface area contributed by atoms with Gasteiger partial charge in [0.1, 0.15) is 5.82 Å². The number of halogens is 1. The van der Waals surface area contributed by atoms with E-state index in [9.17, 15) is 9.18 Å². The zero-order valence-electron chi connectivity index (χ0n) is 9.77. The maximum absolute atomic E-state index is 13.7. The molecule has 5 heteroatoms. The van der Waals surface area contributed by atoms with Crippen LogP contribution >= 0.6 is 0 Å². The largest absolute Gasteiger partial charge is 0.415 e. The van der Waals surface area contributed by atoms with Crippen LogP contribution in [0.4, 0.5) is 9.18 Å². The molecule has 0 aromatic heterocycles. The molecule has 1 unspecified atom stereocenters. The average molecular weight is 239 g/mol. The van der Waals surface area contributed by atoms with Crippen LogP contribution in [0.3, 0.4) is 0 Å². The smallest absolute Gasteiger partial charge is 0.411 e. The van der Waals surface area contributed by atoms with Crippen LogP contribution in [0, 0.1) is 5.82 Å². The Morgan fingerprint density at radius 3 is 3.00 bits per heavy atom. The van der Waals surface area contributed by atoms with Crippen molar-refractivity contribution in [2.75, 3.05) is 20.7 Å². The van der Waals surface area contributed by atoms with Crippen LogP contribution < -0.4 is 0 Å². The average Bonchev–Trinajstić information content (AvgIpc) is 2.29. The molecule has 0 aliphatic carbocycles. The lowest BCUT2D eigenvalue weighted by Gasteiger charge is -2.26. The third kappa shape index (κ3) is 2.39. The van der Waals surface area contributed by atoms with Gasteiger partial charge in [0.15, 0.2) is 0 Å². The molecule has 1 heterocycles. The van der Waals surface area contributed by atoms with Crippen LogP contribution in [0.1, 0.15) is 17.4 Å². The number of rotatable bonds is 1. The predicted octanol–water partition coefficient (Wildman–Crippen LogP) is 2.10. The quantitative estimate of drug-likeness (QED) is 0.753. The molecular weight excluding hydrogens is 225 g/mol. The van der Waals surface area contributed by atoms with Crippen LogP contribution in [-0.4, -0.2) is 31.7 Å². The first-order valence-electron chi connectivity index (χ1n) is 5.36. The molecular formula is C12H14FNO3. The Morgan fingerprint density at radius 2 is 2.29 bits per heavy atom. The van der Waals surface area contributed by atoms with Gasteiger partial charge >= 0.3 is 6.09 Å². The Hall–Kier alpha value is -1.62. The zero-order chi connectivity index (χ0) is 12.4. The third-order valence-corrected chi connectivity index (χ3v) is 2.59. The molecule has 0 radical (unpaired) electrons. The van der Waals surface area contributed by atoms with Gasteiger partial charge in [-0.2, -0.15) is 0 Å². The molecule has 0 saturated carbocycles. The van der Waals surface area contributed by atoms with E-state index in [4.69, 9.17) is 9.47 Å². The molecule has 0 bridgehead atoms. The molecule has 0 fully saturated rings. The number of benzene rings is 1. The summed E-state index contributed by atoms with van der Waals surface area (Å²) in [7, 11) is 3.13. The summed E-state index contributed by atoms with van der Waals surface area (Å²) in [6.45, 7) is 0.418. The predicted molar refractivity (Wildman–Crippen MR) is 59.0 cm³/mol. The highest BCUT2D eigenvalue weighted by atomic mass is 19.1. The third-order valence-electron chi connectivity index (χ3n) is 2.59. The molecule has 1 aliphatic heterocycles. The van der Waals surface area contributed by atoms with Crippen LogP contribution in [0.15, 0.2) is 18.2 Å². The van der Waals surface area contributed by atoms with Gasteiger partial charge in [-0.15, -0.1) is 0 Å². The van der Waals surface area contributed by atoms with Crippen LogP contribution in [0.2, 0.25) is 0 Å². The lowest BCUT2D eigenvalue weighted by atomic mass is 10.0. The fraction of sp³-hybridized carbons (Fsp3) is 0.417. The lowest BCUT2D eigenvalue weighted by Crippen LogP contribution is -2.28. The Bertz CT molecular complexity index is 434. The molecule has 4 nitrogen and oxygen atoms in total. The first-order valence-corrected chi connectivity index (χ1v) is 5.36. The van der Waals surface area contributed by atoms with E-state index in [-0.39, 0.29) is 0 Å². The molecule has 0 spiro atoms. The SMILES string of the molecule is CN(C)C(=O)OC1OCCc2cccc(F)c21. The van der Waals surface area contributed by atoms with Gasteiger partial charge in [0.2, 0.25) is 6.29 Å². The maximum atomic E-state index is 13.7. The van der Waals surface area contributed by atoms with Gasteiger partial charge in [-0.3, -0.25) is 0 Å². The Labute approximate surface area is 98.9 Å². The highest BCUT2D eigenvalue weighted by Crippen LogP contribution is 2.30. The van der Waals surface area contributed by atoms with Crippen LogP contribution in [0.25, 0.3) is 0 Å². The lowest BCUT2D eigenvalue weighted by molar-refractivity contribution is -0.122. The van der Waals surface area contributed by atoms with E-state index in [1.54, 1.807) is 20.2 Å². The summed E-state index contributed by atoms with van der Waals surface area (Å²) in [6.07, 6.45) is -0.871. The fourth-order valence-corrected chi connectivity index (χ4v) is 1.71. The number of carbonyl (C=O) groups is 1. The molecule has 17 heavy (non-hydrogen) atoms. The van der Waals surface area contributed by atoms with Gasteiger partial charge in [-0.1, -0.05) is 12.1 Å². The first-order chi connectivity index (χ1) is 8.09. The minimum Gasteiger partial charge on any atom is -0.415 e. The van der Waals surface area contributed by atoms with E-state index in [1.807, 2.05) is 6.07 Å². The van der Waals surface area contributed by atoms with Crippen molar-refractivity contribution in [1.29, 1.82) is 0 Å². The van der Waals surface area contributed by atoms with Crippen molar-refractivity contribution < 1.29 is 18.7 Å². The molecule has 1 aliphatic rings. The molecule has 1 aromatic carbocycles. The summed E-state index contributed by atoms with van der Waals surface area (Å²) in [5.41, 5.74) is 1.15. The monoisotopic (exact) mass is 239 g/mol. The van der Waals surface area contributed by atoms with Gasteiger partial charge in [0.25, 0.3) is 0 Å². The molecule has 92 valence electrons. The molecule has 1 aromatic rings. The molecule has 0 saturated heterocycles. The van der Waals surface area contributed by atoms with E-state index in [1.165, 1.54) is 11.0 Å². The maximum Gasteiger partial charge on any atom is 0.411 e. The normalized spacial score (nSPS) is 18.4. The summed E-state index contributed by atoms with van der Waals surface area (Å²) < 4.78 is 24.1. The molecule has 1 atom stereocenters. The Morgan fingerprint density at radius 1 is 1.53 bits per heavy atom. The summed E-state index contributed by atoms with van der Waals surface area (Å²) in [6, 6.07) is 4.80. The molecule has 2 rings (SSSR count). The van der Waals surface area contributed by atoms with Crippen molar-refractivity contribution in [3.63, 3.8) is 0 Å². The fourth-order valence-electron chi connectivity index (χ4n) is 1.71. The minimum atomic E-state index is -0.949. The van der Waals surface area contributed by atoms with Crippen molar-refractivity contribution in [1.82, 2.24) is 4.90 Å². The van der Waals surface area contributed by atoms with Gasteiger partial charge in [-0.05, 0) is 18.1 Å². The second kappa shape index (κ2) is 4.71. The van der Waals surface area contributed by atoms with Crippen LogP contribution in [0.5, 0.6) is 0 Å².